The highest BCUT2D eigenvalue weighted by Gasteiger charge is 2.38. The van der Waals surface area contributed by atoms with Gasteiger partial charge >= 0.3 is 0 Å². The Balaban J connectivity index is 2.57. The number of carbonyl (C=O) groups excluding carboxylic acids is 1. The van der Waals surface area contributed by atoms with Crippen LogP contribution in [0, 0.1) is 11.3 Å². The first kappa shape index (κ1) is 35.7. The summed E-state index contributed by atoms with van der Waals surface area (Å²) in [5.74, 6) is -1.17. The van der Waals surface area contributed by atoms with E-state index >= 15 is 0 Å². The maximum atomic E-state index is 13.1. The molecule has 1 aromatic rings. The number of hydrogen-bond acceptors (Lipinski definition) is 5. The molecular formula is C33H59NO4Si. The van der Waals surface area contributed by atoms with Crippen LogP contribution in [0.1, 0.15) is 128 Å². The molecule has 0 saturated heterocycles. The second-order valence-corrected chi connectivity index (χ2v) is 17.7. The normalized spacial score (nSPS) is 14.7. The third-order valence-corrected chi connectivity index (χ3v) is 13.0. The van der Waals surface area contributed by atoms with Gasteiger partial charge < -0.3 is 20.0 Å². The van der Waals surface area contributed by atoms with E-state index in [0.29, 0.717) is 25.0 Å². The monoisotopic (exact) mass is 561 g/mol. The van der Waals surface area contributed by atoms with Gasteiger partial charge in [0.1, 0.15) is 0 Å². The fraction of sp³-hybridized carbons (Fsp3) is 0.758. The molecule has 0 saturated carbocycles. The van der Waals surface area contributed by atoms with Gasteiger partial charge in [-0.05, 0) is 31.0 Å². The van der Waals surface area contributed by atoms with E-state index in [2.05, 4.69) is 40.8 Å². The van der Waals surface area contributed by atoms with Gasteiger partial charge in [-0.1, -0.05) is 135 Å². The number of rotatable bonds is 22. The number of hydrogen-bond donors (Lipinski definition) is 3. The molecule has 3 N–H and O–H groups in total. The second-order valence-electron chi connectivity index (χ2n) is 12.8. The molecule has 0 spiro atoms. The second kappa shape index (κ2) is 18.9. The molecule has 0 aliphatic heterocycles. The lowest BCUT2D eigenvalue weighted by atomic mass is 9.85. The SMILES string of the molecule is CCCCCCCCCCCCCC[C@@H](O)[C@@H](O)[C@H](CCO[Si](C)(C)C(C)(C)C)C(=N)C(=O)c1ccccc1. The van der Waals surface area contributed by atoms with E-state index in [1.165, 1.54) is 57.8 Å². The molecule has 0 aliphatic rings. The van der Waals surface area contributed by atoms with Crippen LogP contribution in [-0.4, -0.2) is 48.8 Å². The largest absolute Gasteiger partial charge is 0.417 e. The third-order valence-electron chi connectivity index (χ3n) is 8.51. The predicted molar refractivity (Wildman–Crippen MR) is 167 cm³/mol. The summed E-state index contributed by atoms with van der Waals surface area (Å²) in [6.07, 6.45) is 13.6. The Morgan fingerprint density at radius 1 is 0.846 bits per heavy atom. The third kappa shape index (κ3) is 13.7. The summed E-state index contributed by atoms with van der Waals surface area (Å²) in [5.41, 5.74) is 0.279. The van der Waals surface area contributed by atoms with Crippen LogP contribution < -0.4 is 0 Å². The average Bonchev–Trinajstić information content (AvgIpc) is 2.90. The number of ketones is 1. The van der Waals surface area contributed by atoms with Crippen LogP contribution in [0.4, 0.5) is 0 Å². The predicted octanol–water partition coefficient (Wildman–Crippen LogP) is 8.73. The molecule has 0 fully saturated rings. The summed E-state index contributed by atoms with van der Waals surface area (Å²) < 4.78 is 6.31. The summed E-state index contributed by atoms with van der Waals surface area (Å²) in [4.78, 5) is 13.1. The number of unbranched alkanes of at least 4 members (excludes halogenated alkanes) is 11. The summed E-state index contributed by atoms with van der Waals surface area (Å²) >= 11 is 0. The van der Waals surface area contributed by atoms with Crippen molar-refractivity contribution in [2.75, 3.05) is 6.61 Å². The van der Waals surface area contributed by atoms with Crippen molar-refractivity contribution in [2.45, 2.75) is 148 Å². The van der Waals surface area contributed by atoms with Crippen LogP contribution in [0.15, 0.2) is 30.3 Å². The first-order valence-corrected chi connectivity index (χ1v) is 18.5. The average molecular weight is 562 g/mol. The van der Waals surface area contributed by atoms with Gasteiger partial charge in [0.2, 0.25) is 5.78 Å². The minimum atomic E-state index is -2.01. The Bertz CT molecular complexity index is 806. The number of nitrogens with one attached hydrogen (secondary N) is 1. The quantitative estimate of drug-likeness (QED) is 0.0571. The Labute approximate surface area is 240 Å². The minimum Gasteiger partial charge on any atom is -0.417 e. The van der Waals surface area contributed by atoms with E-state index in [-0.39, 0.29) is 10.7 Å². The van der Waals surface area contributed by atoms with Gasteiger partial charge in [-0.2, -0.15) is 0 Å². The maximum Gasteiger partial charge on any atom is 0.206 e. The molecule has 0 aliphatic carbocycles. The van der Waals surface area contributed by atoms with E-state index in [4.69, 9.17) is 9.84 Å². The Kier molecular flexibility index (Phi) is 17.3. The Hall–Kier alpha value is -1.34. The van der Waals surface area contributed by atoms with Gasteiger partial charge in [-0.15, -0.1) is 0 Å². The highest BCUT2D eigenvalue weighted by Crippen LogP contribution is 2.37. The van der Waals surface area contributed by atoms with E-state index in [1.807, 2.05) is 6.07 Å². The molecule has 0 unspecified atom stereocenters. The van der Waals surface area contributed by atoms with Gasteiger partial charge in [0.05, 0.1) is 17.9 Å². The molecule has 5 nitrogen and oxygen atoms in total. The Morgan fingerprint density at radius 2 is 1.33 bits per heavy atom. The van der Waals surface area contributed by atoms with Crippen LogP contribution in [0.25, 0.3) is 0 Å². The molecule has 1 rings (SSSR count). The van der Waals surface area contributed by atoms with Crippen molar-refractivity contribution in [3.8, 4) is 0 Å². The molecule has 0 heterocycles. The zero-order valence-corrected chi connectivity index (χ0v) is 26.9. The van der Waals surface area contributed by atoms with Crippen molar-refractivity contribution < 1.29 is 19.4 Å². The smallest absolute Gasteiger partial charge is 0.206 e. The molecule has 39 heavy (non-hydrogen) atoms. The van der Waals surface area contributed by atoms with Gasteiger partial charge in [0.15, 0.2) is 8.32 Å². The molecule has 0 aromatic heterocycles. The van der Waals surface area contributed by atoms with Gasteiger partial charge in [0, 0.05) is 18.1 Å². The van der Waals surface area contributed by atoms with Crippen molar-refractivity contribution in [2.24, 2.45) is 5.92 Å². The summed E-state index contributed by atoms with van der Waals surface area (Å²) in [6.45, 7) is 13.5. The van der Waals surface area contributed by atoms with E-state index in [9.17, 15) is 15.0 Å². The molecule has 0 amide bonds. The lowest BCUT2D eigenvalue weighted by molar-refractivity contribution is -0.0107. The number of aliphatic hydroxyl groups excluding tert-OH is 2. The lowest BCUT2D eigenvalue weighted by Gasteiger charge is -2.37. The molecule has 224 valence electrons. The maximum absolute atomic E-state index is 13.1. The standard InChI is InChI=1S/C33H59NO4Si/c1-7-8-9-10-11-12-13-14-15-16-17-21-24-29(35)32(37)28(25-26-38-39(5,6)33(2,3)4)30(34)31(36)27-22-19-18-20-23-27/h18-20,22-23,28-29,32,34-35,37H,7-17,21,24-26H2,1-6H3/t28-,29-,32+/m1/s1. The van der Waals surface area contributed by atoms with Crippen molar-refractivity contribution in [1.29, 1.82) is 5.41 Å². The molecule has 0 bridgehead atoms. The van der Waals surface area contributed by atoms with E-state index in [1.54, 1.807) is 24.3 Å². The molecule has 6 heteroatoms. The molecule has 3 atom stereocenters. The Morgan fingerprint density at radius 3 is 1.82 bits per heavy atom. The first-order chi connectivity index (χ1) is 18.4. The fourth-order valence-corrected chi connectivity index (χ4v) is 5.75. The van der Waals surface area contributed by atoms with E-state index < -0.39 is 32.2 Å². The van der Waals surface area contributed by atoms with Gasteiger partial charge in [0.25, 0.3) is 0 Å². The number of Topliss-reactive ketones (excluding diaryl/α,β-unsaturated/α-hetero) is 1. The number of aliphatic hydroxyl groups is 2. The fourth-order valence-electron chi connectivity index (χ4n) is 4.69. The lowest BCUT2D eigenvalue weighted by Crippen LogP contribution is -2.44. The number of carbonyl (C=O) groups is 1. The van der Waals surface area contributed by atoms with Crippen molar-refractivity contribution in [3.05, 3.63) is 35.9 Å². The van der Waals surface area contributed by atoms with Gasteiger partial charge in [-0.3, -0.25) is 4.79 Å². The van der Waals surface area contributed by atoms with Crippen LogP contribution in [0.2, 0.25) is 18.1 Å². The zero-order chi connectivity index (χ0) is 29.3. The van der Waals surface area contributed by atoms with Crippen LogP contribution in [-0.2, 0) is 4.43 Å². The molecule has 0 radical (unpaired) electrons. The van der Waals surface area contributed by atoms with Crippen molar-refractivity contribution in [3.63, 3.8) is 0 Å². The minimum absolute atomic E-state index is 0.0443. The highest BCUT2D eigenvalue weighted by molar-refractivity contribution is 6.74. The molecular weight excluding hydrogens is 502 g/mol. The van der Waals surface area contributed by atoms with Gasteiger partial charge in [-0.25, -0.2) is 0 Å². The van der Waals surface area contributed by atoms with E-state index in [0.717, 1.165) is 19.3 Å². The topological polar surface area (TPSA) is 90.6 Å². The first-order valence-electron chi connectivity index (χ1n) is 15.6. The van der Waals surface area contributed by atoms with Crippen LogP contribution in [0.3, 0.4) is 0 Å². The van der Waals surface area contributed by atoms with Crippen LogP contribution >= 0.6 is 0 Å². The summed E-state index contributed by atoms with van der Waals surface area (Å²) in [5, 5.41) is 30.7. The van der Waals surface area contributed by atoms with Crippen LogP contribution in [0.5, 0.6) is 0 Å². The van der Waals surface area contributed by atoms with Crippen molar-refractivity contribution >= 4 is 19.8 Å². The summed E-state index contributed by atoms with van der Waals surface area (Å²) in [6, 6.07) is 8.76. The zero-order valence-electron chi connectivity index (χ0n) is 25.9. The summed E-state index contributed by atoms with van der Waals surface area (Å²) in [7, 11) is -2.01. The molecule has 1 aromatic carbocycles. The van der Waals surface area contributed by atoms with Crippen molar-refractivity contribution in [1.82, 2.24) is 0 Å². The highest BCUT2D eigenvalue weighted by atomic mass is 28.4. The number of benzene rings is 1.